The quantitative estimate of drug-likeness (QED) is 0.185. The van der Waals surface area contributed by atoms with Gasteiger partial charge in [-0.2, -0.15) is 5.10 Å². The van der Waals surface area contributed by atoms with Crippen molar-refractivity contribution in [1.82, 2.24) is 20.5 Å². The second-order valence-electron chi connectivity index (χ2n) is 12.1. The number of pyridine rings is 1. The molecule has 1 amide bonds. The predicted octanol–water partition coefficient (Wildman–Crippen LogP) is 8.65. The Kier molecular flexibility index (Phi) is 9.88. The van der Waals surface area contributed by atoms with Crippen LogP contribution < -0.4 is 14.8 Å². The van der Waals surface area contributed by atoms with Crippen molar-refractivity contribution >= 4 is 27.5 Å². The van der Waals surface area contributed by atoms with E-state index in [2.05, 4.69) is 22.1 Å². The molecule has 1 aliphatic rings. The Morgan fingerprint density at radius 3 is 2.71 bits per heavy atom. The predicted molar refractivity (Wildman–Crippen MR) is 186 cm³/mol. The topological polar surface area (TPSA) is 108 Å². The minimum absolute atomic E-state index is 0.221. The number of rotatable bonds is 4. The number of alkyl carbamates (subject to hydrolysis) is 1. The number of amides is 1. The zero-order valence-corrected chi connectivity index (χ0v) is 27.9. The molecule has 5 aromatic rings. The number of H-pyrrole nitrogens is 1. The molecule has 0 saturated heterocycles. The number of nitrogens with one attached hydrogen (secondary N) is 2. The molecule has 9 nitrogen and oxygen atoms in total. The van der Waals surface area contributed by atoms with Gasteiger partial charge in [0.2, 0.25) is 0 Å². The first-order chi connectivity index (χ1) is 23.2. The van der Waals surface area contributed by atoms with Crippen LogP contribution in [0.2, 0.25) is 0 Å². The summed E-state index contributed by atoms with van der Waals surface area (Å²) in [6.07, 6.45) is 5.67. The summed E-state index contributed by atoms with van der Waals surface area (Å²) in [6, 6.07) is 15.5. The summed E-state index contributed by atoms with van der Waals surface area (Å²) in [7, 11) is 0. The van der Waals surface area contributed by atoms with Crippen molar-refractivity contribution in [3.05, 3.63) is 96.3 Å². The third kappa shape index (κ3) is 7.42. The summed E-state index contributed by atoms with van der Waals surface area (Å²) < 4.78 is 39.2. The average molecular weight is 669 g/mol. The highest BCUT2D eigenvalue weighted by Gasteiger charge is 2.26. The summed E-state index contributed by atoms with van der Waals surface area (Å²) >= 11 is 1.54. The minimum atomic E-state index is -0.672. The first kappa shape index (κ1) is 32.9. The number of hydrogen-bond acceptors (Lipinski definition) is 8. The highest BCUT2D eigenvalue weighted by atomic mass is 32.1. The Bertz CT molecular complexity index is 1960. The van der Waals surface area contributed by atoms with Crippen LogP contribution in [0.3, 0.4) is 0 Å². The number of hydrogen-bond donors (Lipinski definition) is 2. The van der Waals surface area contributed by atoms with Crippen LogP contribution in [0.25, 0.3) is 43.9 Å². The molecule has 1 atom stereocenters. The van der Waals surface area contributed by atoms with Crippen molar-refractivity contribution in [2.24, 2.45) is 0 Å². The maximum absolute atomic E-state index is 14.7. The SMILES string of the molecule is C=C[C@@H](NC(=O)OC(C)(C)C)c1cc(-c2nc3c4ccsc4c2-c2ccc(F)cc2OCCOC/C=C/CCOc2ccccc2-3)n[nH]1. The highest BCUT2D eigenvalue weighted by molar-refractivity contribution is 7.18. The molecule has 11 heteroatoms. The Morgan fingerprint density at radius 1 is 1.04 bits per heavy atom. The monoisotopic (exact) mass is 668 g/mol. The van der Waals surface area contributed by atoms with Crippen molar-refractivity contribution in [2.45, 2.75) is 38.8 Å². The van der Waals surface area contributed by atoms with E-state index in [1.807, 2.05) is 53.9 Å². The molecule has 2 aromatic carbocycles. The van der Waals surface area contributed by atoms with Crippen LogP contribution >= 0.6 is 11.3 Å². The van der Waals surface area contributed by atoms with Gasteiger partial charge in [-0.1, -0.05) is 30.4 Å². The molecule has 248 valence electrons. The largest absolute Gasteiger partial charge is 0.493 e. The van der Waals surface area contributed by atoms with E-state index in [9.17, 15) is 9.18 Å². The van der Waals surface area contributed by atoms with Crippen LogP contribution in [0.4, 0.5) is 9.18 Å². The number of aromatic nitrogens is 3. The first-order valence-electron chi connectivity index (χ1n) is 15.7. The summed E-state index contributed by atoms with van der Waals surface area (Å²) in [5.41, 5.74) is 3.87. The van der Waals surface area contributed by atoms with Gasteiger partial charge in [-0.05, 0) is 69.0 Å². The summed E-state index contributed by atoms with van der Waals surface area (Å²) in [5, 5.41) is 13.5. The van der Waals surface area contributed by atoms with Gasteiger partial charge in [0.15, 0.2) is 0 Å². The molecular formula is C37H37FN4O5S. The van der Waals surface area contributed by atoms with E-state index in [0.29, 0.717) is 66.1 Å². The van der Waals surface area contributed by atoms with Crippen molar-refractivity contribution in [2.75, 3.05) is 26.4 Å². The van der Waals surface area contributed by atoms with Crippen LogP contribution in [-0.4, -0.2) is 53.3 Å². The van der Waals surface area contributed by atoms with E-state index in [0.717, 1.165) is 21.2 Å². The molecule has 2 bridgehead atoms. The lowest BCUT2D eigenvalue weighted by Crippen LogP contribution is -2.34. The lowest BCUT2D eigenvalue weighted by Gasteiger charge is -2.21. The zero-order chi connectivity index (χ0) is 33.7. The van der Waals surface area contributed by atoms with E-state index in [1.54, 1.807) is 44.3 Å². The molecule has 0 aliphatic carbocycles. The molecule has 48 heavy (non-hydrogen) atoms. The molecule has 1 aliphatic heterocycles. The molecule has 0 unspecified atom stereocenters. The third-order valence-corrected chi connectivity index (χ3v) is 8.39. The molecule has 0 fully saturated rings. The van der Waals surface area contributed by atoms with Gasteiger partial charge >= 0.3 is 6.09 Å². The lowest BCUT2D eigenvalue weighted by atomic mass is 9.96. The number of ether oxygens (including phenoxy) is 4. The fraction of sp³-hybridized carbons (Fsp3) is 0.270. The Balaban J connectivity index is 1.55. The van der Waals surface area contributed by atoms with E-state index in [1.165, 1.54) is 12.1 Å². The van der Waals surface area contributed by atoms with E-state index < -0.39 is 23.6 Å². The number of nitrogens with zero attached hydrogens (tertiary/aromatic N) is 2. The number of benzene rings is 2. The van der Waals surface area contributed by atoms with Gasteiger partial charge in [0.05, 0.1) is 37.3 Å². The Morgan fingerprint density at radius 2 is 1.88 bits per heavy atom. The number of thiophene rings is 1. The number of aromatic amines is 1. The van der Waals surface area contributed by atoms with Crippen LogP contribution in [-0.2, 0) is 9.47 Å². The minimum Gasteiger partial charge on any atom is -0.493 e. The van der Waals surface area contributed by atoms with Gasteiger partial charge in [-0.15, -0.1) is 17.9 Å². The molecule has 0 spiro atoms. The fourth-order valence-corrected chi connectivity index (χ4v) is 6.33. The van der Waals surface area contributed by atoms with Crippen molar-refractivity contribution in [3.63, 3.8) is 0 Å². The van der Waals surface area contributed by atoms with Crippen molar-refractivity contribution in [3.8, 4) is 45.3 Å². The van der Waals surface area contributed by atoms with Gasteiger partial charge < -0.3 is 24.3 Å². The number of carbonyl (C=O) groups is 1. The smallest absolute Gasteiger partial charge is 0.408 e. The van der Waals surface area contributed by atoms with Gasteiger partial charge in [0.25, 0.3) is 0 Å². The number of halogens is 1. The molecule has 0 radical (unpaired) electrons. The van der Waals surface area contributed by atoms with E-state index in [-0.39, 0.29) is 6.61 Å². The maximum Gasteiger partial charge on any atom is 0.408 e. The van der Waals surface area contributed by atoms with Crippen LogP contribution in [0.15, 0.2) is 84.8 Å². The van der Waals surface area contributed by atoms with Gasteiger partial charge in [0, 0.05) is 32.8 Å². The van der Waals surface area contributed by atoms with Gasteiger partial charge in [0.1, 0.15) is 40.9 Å². The van der Waals surface area contributed by atoms with Crippen LogP contribution in [0, 0.1) is 5.82 Å². The normalized spacial score (nSPS) is 15.2. The Hall–Kier alpha value is -5.00. The summed E-state index contributed by atoms with van der Waals surface area (Å²) in [6.45, 7) is 10.7. The first-order valence-corrected chi connectivity index (χ1v) is 16.6. The van der Waals surface area contributed by atoms with Crippen LogP contribution in [0.5, 0.6) is 11.5 Å². The average Bonchev–Trinajstić information content (AvgIpc) is 3.74. The van der Waals surface area contributed by atoms with Crippen LogP contribution in [0.1, 0.15) is 38.9 Å². The van der Waals surface area contributed by atoms with E-state index >= 15 is 0 Å². The maximum atomic E-state index is 14.7. The lowest BCUT2D eigenvalue weighted by molar-refractivity contribution is 0.0513. The number of carbonyl (C=O) groups excluding carboxylic acids is 1. The zero-order valence-electron chi connectivity index (χ0n) is 27.0. The third-order valence-electron chi connectivity index (χ3n) is 7.45. The fourth-order valence-electron chi connectivity index (χ4n) is 5.38. The standard InChI is InChI=1S/C37H37FN4O5S/c1-5-27(39-36(43)47-37(2,3)4)28-22-29(42-41-28)34-32-24-14-13-23(38)21-31(24)46-19-18-44-16-9-6-10-17-45-30-12-8-7-11-25(30)33(40-34)26-15-20-48-35(26)32/h5-9,11-15,20-22,27H,1,10,16-19H2,2-4H3,(H,39,43)(H,41,42)/b9-6+/t27-/m1/s1. The molecular weight excluding hydrogens is 631 g/mol. The molecule has 3 aromatic heterocycles. The highest BCUT2D eigenvalue weighted by Crippen LogP contribution is 2.47. The van der Waals surface area contributed by atoms with E-state index in [4.69, 9.17) is 23.9 Å². The Labute approximate surface area is 282 Å². The number of fused-ring (bicyclic) bond motifs is 4. The molecule has 2 N–H and O–H groups in total. The molecule has 6 rings (SSSR count). The summed E-state index contributed by atoms with van der Waals surface area (Å²) in [4.78, 5) is 17.9. The van der Waals surface area contributed by atoms with Gasteiger partial charge in [-0.25, -0.2) is 14.2 Å². The van der Waals surface area contributed by atoms with Crippen molar-refractivity contribution < 1.29 is 28.1 Å². The van der Waals surface area contributed by atoms with Crippen molar-refractivity contribution in [1.29, 1.82) is 0 Å². The summed E-state index contributed by atoms with van der Waals surface area (Å²) in [5.74, 6) is 0.628. The second kappa shape index (κ2) is 14.4. The molecule has 0 saturated carbocycles. The second-order valence-corrected chi connectivity index (χ2v) is 13.0. The number of para-hydroxylation sites is 1. The van der Waals surface area contributed by atoms with Gasteiger partial charge in [-0.3, -0.25) is 5.10 Å². The molecule has 4 heterocycles.